The number of carbonyl (C=O) groups excluding carboxylic acids is 2. The molecule has 0 atom stereocenters. The van der Waals surface area contributed by atoms with Crippen LogP contribution in [0.3, 0.4) is 0 Å². The second-order valence-corrected chi connectivity index (χ2v) is 13.1. The molecule has 0 unspecified atom stereocenters. The highest BCUT2D eigenvalue weighted by Gasteiger charge is 2.29. The van der Waals surface area contributed by atoms with E-state index in [0.717, 1.165) is 30.0 Å². The lowest BCUT2D eigenvalue weighted by atomic mass is 10.2. The largest absolute Gasteiger partial charge is 0.488 e. The SMILES string of the molecule is CCCOc1c(C(=O)N/N=C(/C)c2ccsc2Br)sc(C(=O)N/N=C(/C)c2ccsc2Br)c1OCCC. The Bertz CT molecular complexity index is 1220. The first-order valence-corrected chi connectivity index (χ1v) is 15.5. The summed E-state index contributed by atoms with van der Waals surface area (Å²) in [6.07, 6.45) is 1.43. The third-order valence-electron chi connectivity index (χ3n) is 4.80. The Balaban J connectivity index is 1.93. The van der Waals surface area contributed by atoms with Gasteiger partial charge in [0.25, 0.3) is 11.8 Å². The fraction of sp³-hybridized carbons (Fsp3) is 0.333. The first-order chi connectivity index (χ1) is 17.8. The molecule has 0 spiro atoms. The van der Waals surface area contributed by atoms with Gasteiger partial charge in [-0.15, -0.1) is 34.0 Å². The smallest absolute Gasteiger partial charge is 0.285 e. The average molecular weight is 691 g/mol. The molecule has 0 bridgehead atoms. The third kappa shape index (κ3) is 7.50. The van der Waals surface area contributed by atoms with Crippen molar-refractivity contribution in [2.75, 3.05) is 13.2 Å². The van der Waals surface area contributed by atoms with Gasteiger partial charge in [0.05, 0.1) is 32.2 Å². The summed E-state index contributed by atoms with van der Waals surface area (Å²) in [7, 11) is 0. The van der Waals surface area contributed by atoms with Crippen LogP contribution in [0.25, 0.3) is 0 Å². The van der Waals surface area contributed by atoms with E-state index in [0.29, 0.717) is 37.5 Å². The maximum atomic E-state index is 13.2. The maximum absolute atomic E-state index is 13.2. The fourth-order valence-electron chi connectivity index (χ4n) is 2.97. The topological polar surface area (TPSA) is 101 Å². The molecule has 2 amide bonds. The second-order valence-electron chi connectivity index (χ2n) is 7.61. The van der Waals surface area contributed by atoms with Crippen molar-refractivity contribution in [2.45, 2.75) is 40.5 Å². The number of hydrogen-bond donors (Lipinski definition) is 2. The quantitative estimate of drug-likeness (QED) is 0.154. The molecule has 2 N–H and O–H groups in total. The van der Waals surface area contributed by atoms with Crippen molar-refractivity contribution in [3.63, 3.8) is 0 Å². The first kappa shape index (κ1) is 29.5. The van der Waals surface area contributed by atoms with E-state index in [1.54, 1.807) is 13.8 Å². The number of ether oxygens (including phenoxy) is 2. The summed E-state index contributed by atoms with van der Waals surface area (Å²) >= 11 is 11.0. The molecule has 3 aromatic rings. The lowest BCUT2D eigenvalue weighted by Crippen LogP contribution is -2.19. The Kier molecular flexibility index (Phi) is 11.3. The molecule has 0 aliphatic rings. The Labute approximate surface area is 244 Å². The van der Waals surface area contributed by atoms with Gasteiger partial charge in [-0.05, 0) is 81.4 Å². The minimum atomic E-state index is -0.496. The van der Waals surface area contributed by atoms with E-state index in [4.69, 9.17) is 9.47 Å². The number of thiophene rings is 3. The molecule has 37 heavy (non-hydrogen) atoms. The van der Waals surface area contributed by atoms with Crippen LogP contribution in [0.4, 0.5) is 0 Å². The molecular formula is C24H26Br2N4O4S3. The monoisotopic (exact) mass is 688 g/mol. The summed E-state index contributed by atoms with van der Waals surface area (Å²) in [5.74, 6) is -0.532. The van der Waals surface area contributed by atoms with Crippen LogP contribution in [0, 0.1) is 0 Å². The van der Waals surface area contributed by atoms with Crippen LogP contribution in [0.2, 0.25) is 0 Å². The van der Waals surface area contributed by atoms with Gasteiger partial charge in [-0.25, -0.2) is 10.9 Å². The van der Waals surface area contributed by atoms with Crippen LogP contribution in [0.15, 0.2) is 40.7 Å². The number of nitrogens with zero attached hydrogens (tertiary/aromatic N) is 2. The van der Waals surface area contributed by atoms with E-state index in [9.17, 15) is 9.59 Å². The number of carbonyl (C=O) groups is 2. The minimum Gasteiger partial charge on any atom is -0.488 e. The van der Waals surface area contributed by atoms with E-state index in [-0.39, 0.29) is 21.3 Å². The number of halogens is 2. The van der Waals surface area contributed by atoms with E-state index in [1.165, 1.54) is 22.7 Å². The Morgan fingerprint density at radius 1 is 0.811 bits per heavy atom. The Morgan fingerprint density at radius 2 is 1.22 bits per heavy atom. The van der Waals surface area contributed by atoms with Gasteiger partial charge in [0.1, 0.15) is 9.75 Å². The lowest BCUT2D eigenvalue weighted by molar-refractivity contribution is 0.0945. The molecule has 3 rings (SSSR count). The van der Waals surface area contributed by atoms with Crippen LogP contribution in [-0.4, -0.2) is 36.5 Å². The van der Waals surface area contributed by atoms with Gasteiger partial charge in [-0.1, -0.05) is 13.8 Å². The number of hydrazone groups is 2. The summed E-state index contributed by atoms with van der Waals surface area (Å²) in [6.45, 7) is 8.23. The molecule has 0 aromatic carbocycles. The highest BCUT2D eigenvalue weighted by Crippen LogP contribution is 2.43. The van der Waals surface area contributed by atoms with Crippen molar-refractivity contribution < 1.29 is 19.1 Å². The van der Waals surface area contributed by atoms with Crippen LogP contribution in [0.5, 0.6) is 11.5 Å². The highest BCUT2D eigenvalue weighted by molar-refractivity contribution is 9.11. The van der Waals surface area contributed by atoms with Gasteiger partial charge in [0.2, 0.25) is 0 Å². The molecule has 0 fully saturated rings. The van der Waals surface area contributed by atoms with Gasteiger partial charge < -0.3 is 9.47 Å². The van der Waals surface area contributed by atoms with Crippen LogP contribution >= 0.6 is 65.9 Å². The van der Waals surface area contributed by atoms with Gasteiger partial charge in [0, 0.05) is 11.1 Å². The molecule has 13 heteroatoms. The predicted molar refractivity (Wildman–Crippen MR) is 159 cm³/mol. The van der Waals surface area contributed by atoms with Crippen molar-refractivity contribution in [1.29, 1.82) is 0 Å². The summed E-state index contributed by atoms with van der Waals surface area (Å²) in [6, 6.07) is 3.83. The molecule has 0 aliphatic carbocycles. The van der Waals surface area contributed by atoms with Crippen LogP contribution < -0.4 is 20.3 Å². The summed E-state index contributed by atoms with van der Waals surface area (Å²) in [5.41, 5.74) is 8.22. The molecule has 198 valence electrons. The van der Waals surface area contributed by atoms with Crippen molar-refractivity contribution >= 4 is 89.1 Å². The maximum Gasteiger partial charge on any atom is 0.285 e. The highest BCUT2D eigenvalue weighted by atomic mass is 79.9. The normalized spacial score (nSPS) is 11.9. The molecule has 8 nitrogen and oxygen atoms in total. The zero-order chi connectivity index (χ0) is 26.9. The lowest BCUT2D eigenvalue weighted by Gasteiger charge is -2.11. The summed E-state index contributed by atoms with van der Waals surface area (Å²) in [4.78, 5) is 26.8. The molecule has 0 saturated heterocycles. The summed E-state index contributed by atoms with van der Waals surface area (Å²) in [5, 5.41) is 12.4. The zero-order valence-electron chi connectivity index (χ0n) is 20.6. The number of nitrogens with one attached hydrogen (secondary N) is 2. The van der Waals surface area contributed by atoms with Crippen molar-refractivity contribution in [1.82, 2.24) is 10.9 Å². The molecule has 0 saturated carbocycles. The average Bonchev–Trinajstić information content (AvgIpc) is 3.61. The van der Waals surface area contributed by atoms with Crippen molar-refractivity contribution in [2.24, 2.45) is 10.2 Å². The molecular weight excluding hydrogens is 664 g/mol. The zero-order valence-corrected chi connectivity index (χ0v) is 26.3. The van der Waals surface area contributed by atoms with E-state index in [2.05, 4.69) is 52.9 Å². The molecule has 0 radical (unpaired) electrons. The van der Waals surface area contributed by atoms with Crippen molar-refractivity contribution in [3.8, 4) is 11.5 Å². The first-order valence-electron chi connectivity index (χ1n) is 11.4. The van der Waals surface area contributed by atoms with E-state index < -0.39 is 11.8 Å². The number of hydrogen-bond acceptors (Lipinski definition) is 9. The second kappa shape index (κ2) is 14.2. The van der Waals surface area contributed by atoms with Crippen molar-refractivity contribution in [3.05, 3.63) is 51.3 Å². The molecule has 3 aromatic heterocycles. The number of rotatable bonds is 12. The Hall–Kier alpha value is -2.06. The Morgan fingerprint density at radius 3 is 1.54 bits per heavy atom. The van der Waals surface area contributed by atoms with Gasteiger partial charge in [0.15, 0.2) is 11.5 Å². The third-order valence-corrected chi connectivity index (χ3v) is 9.33. The summed E-state index contributed by atoms with van der Waals surface area (Å²) < 4.78 is 13.7. The number of amides is 2. The molecule has 3 heterocycles. The standard InChI is InChI=1S/C24H26Br2N4O4S3/c1-5-9-33-17-18(34-10-6-2)20(24(32)30-28-14(4)16-8-12-36-22(16)26)37-19(17)23(31)29-27-13(3)15-7-11-35-21(15)25/h7-8,11-12H,5-6,9-10H2,1-4H3,(H,29,31)(H,30,32)/b27-13-,28-14-. The predicted octanol–water partition coefficient (Wildman–Crippen LogP) is 7.28. The van der Waals surface area contributed by atoms with E-state index >= 15 is 0 Å². The minimum absolute atomic E-state index is 0.201. The van der Waals surface area contributed by atoms with Crippen LogP contribution in [0.1, 0.15) is 71.0 Å². The van der Waals surface area contributed by atoms with Crippen LogP contribution in [-0.2, 0) is 0 Å². The van der Waals surface area contributed by atoms with E-state index in [1.807, 2.05) is 36.7 Å². The van der Waals surface area contributed by atoms with Gasteiger partial charge >= 0.3 is 0 Å². The fourth-order valence-corrected chi connectivity index (χ4v) is 6.76. The molecule has 0 aliphatic heterocycles. The van der Waals surface area contributed by atoms with Gasteiger partial charge in [-0.3, -0.25) is 9.59 Å². The van der Waals surface area contributed by atoms with Gasteiger partial charge in [-0.2, -0.15) is 10.2 Å².